The Morgan fingerprint density at radius 2 is 1.90 bits per heavy atom. The first-order valence-corrected chi connectivity index (χ1v) is 6.47. The predicted octanol–water partition coefficient (Wildman–Crippen LogP) is 3.36. The molecule has 0 unspecified atom stereocenters. The van der Waals surface area contributed by atoms with Gasteiger partial charge in [-0.15, -0.1) is 0 Å². The third-order valence-corrected chi connectivity index (χ3v) is 3.13. The van der Waals surface area contributed by atoms with Crippen LogP contribution < -0.4 is 5.32 Å². The molecular weight excluding hydrogens is 332 g/mol. The lowest BCUT2D eigenvalue weighted by Gasteiger charge is -2.07. The lowest BCUT2D eigenvalue weighted by Crippen LogP contribution is -2.23. The number of nitrogens with one attached hydrogen (secondary N) is 1. The first-order valence-electron chi connectivity index (χ1n) is 5.68. The fourth-order valence-electron chi connectivity index (χ4n) is 1.62. The number of benzene rings is 2. The molecule has 0 aliphatic carbocycles. The standard InChI is InChI=1S/C14H10BrF2NO2/c15-9-2-3-10(13(19)6-9)14(20)18-7-8-1-4-11(16)12(17)5-8/h1-6,19H,7H2,(H,18,20). The van der Waals surface area contributed by atoms with E-state index < -0.39 is 17.5 Å². The Morgan fingerprint density at radius 1 is 1.15 bits per heavy atom. The summed E-state index contributed by atoms with van der Waals surface area (Å²) in [7, 11) is 0. The summed E-state index contributed by atoms with van der Waals surface area (Å²) >= 11 is 3.17. The topological polar surface area (TPSA) is 49.3 Å². The van der Waals surface area contributed by atoms with Gasteiger partial charge in [0.05, 0.1) is 5.56 Å². The summed E-state index contributed by atoms with van der Waals surface area (Å²) in [5.41, 5.74) is 0.532. The van der Waals surface area contributed by atoms with Gasteiger partial charge in [-0.1, -0.05) is 22.0 Å². The Morgan fingerprint density at radius 3 is 2.55 bits per heavy atom. The number of halogens is 3. The maximum Gasteiger partial charge on any atom is 0.255 e. The number of amides is 1. The molecular formula is C14H10BrF2NO2. The summed E-state index contributed by atoms with van der Waals surface area (Å²) in [5.74, 6) is -2.57. The molecule has 0 aliphatic rings. The lowest BCUT2D eigenvalue weighted by atomic mass is 10.1. The van der Waals surface area contributed by atoms with E-state index in [-0.39, 0.29) is 17.9 Å². The molecule has 0 heterocycles. The van der Waals surface area contributed by atoms with Gasteiger partial charge in [0.2, 0.25) is 0 Å². The number of phenolic OH excluding ortho intramolecular Hbond substituents is 1. The number of hydrogen-bond acceptors (Lipinski definition) is 2. The fraction of sp³-hybridized carbons (Fsp3) is 0.0714. The molecule has 0 bridgehead atoms. The molecule has 3 nitrogen and oxygen atoms in total. The van der Waals surface area contributed by atoms with Gasteiger partial charge in [0.15, 0.2) is 11.6 Å². The molecule has 2 aromatic carbocycles. The van der Waals surface area contributed by atoms with Crippen molar-refractivity contribution in [3.8, 4) is 5.75 Å². The van der Waals surface area contributed by atoms with E-state index in [1.54, 1.807) is 6.07 Å². The molecule has 2 rings (SSSR count). The van der Waals surface area contributed by atoms with Crippen LogP contribution in [0.2, 0.25) is 0 Å². The highest BCUT2D eigenvalue weighted by atomic mass is 79.9. The summed E-state index contributed by atoms with van der Waals surface area (Å²) in [6, 6.07) is 7.85. The summed E-state index contributed by atoms with van der Waals surface area (Å²) in [6.07, 6.45) is 0. The van der Waals surface area contributed by atoms with Gasteiger partial charge in [-0.2, -0.15) is 0 Å². The highest BCUT2D eigenvalue weighted by Crippen LogP contribution is 2.22. The predicted molar refractivity (Wildman–Crippen MR) is 73.3 cm³/mol. The largest absolute Gasteiger partial charge is 0.507 e. The molecule has 0 saturated heterocycles. The van der Waals surface area contributed by atoms with Crippen LogP contribution in [-0.4, -0.2) is 11.0 Å². The zero-order valence-electron chi connectivity index (χ0n) is 10.2. The smallest absolute Gasteiger partial charge is 0.255 e. The normalized spacial score (nSPS) is 10.3. The van der Waals surface area contributed by atoms with Crippen LogP contribution in [0, 0.1) is 11.6 Å². The third kappa shape index (κ3) is 3.33. The zero-order valence-corrected chi connectivity index (χ0v) is 11.7. The van der Waals surface area contributed by atoms with E-state index in [9.17, 15) is 18.7 Å². The Bertz CT molecular complexity index is 662. The number of hydrogen-bond donors (Lipinski definition) is 2. The van der Waals surface area contributed by atoms with Gasteiger partial charge in [0.1, 0.15) is 5.75 Å². The van der Waals surface area contributed by atoms with Crippen LogP contribution >= 0.6 is 15.9 Å². The summed E-state index contributed by atoms with van der Waals surface area (Å²) in [5, 5.41) is 12.2. The van der Waals surface area contributed by atoms with Gasteiger partial charge in [-0.05, 0) is 35.9 Å². The maximum absolute atomic E-state index is 13.0. The Labute approximate surface area is 122 Å². The van der Waals surface area contributed by atoms with E-state index in [2.05, 4.69) is 21.2 Å². The number of aromatic hydroxyl groups is 1. The van der Waals surface area contributed by atoms with E-state index in [0.29, 0.717) is 10.0 Å². The van der Waals surface area contributed by atoms with Crippen LogP contribution in [0.1, 0.15) is 15.9 Å². The second-order valence-corrected chi connectivity index (χ2v) is 5.01. The van der Waals surface area contributed by atoms with Crippen LogP contribution in [0.5, 0.6) is 5.75 Å². The van der Waals surface area contributed by atoms with Gasteiger partial charge in [-0.3, -0.25) is 4.79 Å². The van der Waals surface area contributed by atoms with Crippen molar-refractivity contribution in [2.45, 2.75) is 6.54 Å². The second-order valence-electron chi connectivity index (χ2n) is 4.09. The molecule has 0 spiro atoms. The minimum absolute atomic E-state index is 0.0333. The van der Waals surface area contributed by atoms with Crippen molar-refractivity contribution in [3.63, 3.8) is 0 Å². The first kappa shape index (κ1) is 14.5. The molecule has 104 valence electrons. The number of rotatable bonds is 3. The van der Waals surface area contributed by atoms with E-state index >= 15 is 0 Å². The highest BCUT2D eigenvalue weighted by Gasteiger charge is 2.11. The molecule has 0 radical (unpaired) electrons. The van der Waals surface area contributed by atoms with E-state index in [1.165, 1.54) is 18.2 Å². The summed E-state index contributed by atoms with van der Waals surface area (Å²) in [4.78, 5) is 11.8. The SMILES string of the molecule is O=C(NCc1ccc(F)c(F)c1)c1ccc(Br)cc1O. The Hall–Kier alpha value is -1.95. The van der Waals surface area contributed by atoms with Crippen molar-refractivity contribution in [1.29, 1.82) is 0 Å². The maximum atomic E-state index is 13.0. The zero-order chi connectivity index (χ0) is 14.7. The van der Waals surface area contributed by atoms with Gasteiger partial charge < -0.3 is 10.4 Å². The van der Waals surface area contributed by atoms with Crippen molar-refractivity contribution in [3.05, 3.63) is 63.6 Å². The van der Waals surface area contributed by atoms with Crippen LogP contribution in [0.25, 0.3) is 0 Å². The Balaban J connectivity index is 2.06. The molecule has 20 heavy (non-hydrogen) atoms. The average Bonchev–Trinajstić information content (AvgIpc) is 2.40. The molecule has 0 fully saturated rings. The molecule has 0 aromatic heterocycles. The molecule has 2 N–H and O–H groups in total. The van der Waals surface area contributed by atoms with Crippen LogP contribution in [0.4, 0.5) is 8.78 Å². The molecule has 1 amide bonds. The number of carbonyl (C=O) groups excluding carboxylic acids is 1. The number of phenols is 1. The highest BCUT2D eigenvalue weighted by molar-refractivity contribution is 9.10. The van der Waals surface area contributed by atoms with E-state index in [4.69, 9.17) is 0 Å². The summed E-state index contributed by atoms with van der Waals surface area (Å²) < 4.78 is 26.4. The van der Waals surface area contributed by atoms with Crippen LogP contribution in [0.3, 0.4) is 0 Å². The quantitative estimate of drug-likeness (QED) is 0.899. The van der Waals surface area contributed by atoms with Crippen molar-refractivity contribution < 1.29 is 18.7 Å². The third-order valence-electron chi connectivity index (χ3n) is 2.64. The monoisotopic (exact) mass is 341 g/mol. The fourth-order valence-corrected chi connectivity index (χ4v) is 1.97. The number of carbonyl (C=O) groups is 1. The minimum Gasteiger partial charge on any atom is -0.507 e. The molecule has 0 aliphatic heterocycles. The van der Waals surface area contributed by atoms with Crippen LogP contribution in [-0.2, 0) is 6.54 Å². The van der Waals surface area contributed by atoms with Gasteiger partial charge in [0, 0.05) is 11.0 Å². The molecule has 0 atom stereocenters. The second kappa shape index (κ2) is 6.00. The molecule has 2 aromatic rings. The molecule has 0 saturated carbocycles. The Kier molecular flexibility index (Phi) is 4.34. The van der Waals surface area contributed by atoms with Crippen molar-refractivity contribution in [1.82, 2.24) is 5.32 Å². The first-order chi connectivity index (χ1) is 9.47. The average molecular weight is 342 g/mol. The minimum atomic E-state index is -0.969. The van der Waals surface area contributed by atoms with Crippen molar-refractivity contribution >= 4 is 21.8 Å². The van der Waals surface area contributed by atoms with E-state index in [0.717, 1.165) is 12.1 Å². The van der Waals surface area contributed by atoms with Crippen LogP contribution in [0.15, 0.2) is 40.9 Å². The van der Waals surface area contributed by atoms with Crippen molar-refractivity contribution in [2.75, 3.05) is 0 Å². The van der Waals surface area contributed by atoms with E-state index in [1.807, 2.05) is 0 Å². The summed E-state index contributed by atoms with van der Waals surface area (Å²) in [6.45, 7) is 0.0333. The molecule has 6 heteroatoms. The van der Waals surface area contributed by atoms with Crippen molar-refractivity contribution in [2.24, 2.45) is 0 Å². The lowest BCUT2D eigenvalue weighted by molar-refractivity contribution is 0.0948. The van der Waals surface area contributed by atoms with Gasteiger partial charge in [-0.25, -0.2) is 8.78 Å². The van der Waals surface area contributed by atoms with Gasteiger partial charge >= 0.3 is 0 Å². The van der Waals surface area contributed by atoms with Gasteiger partial charge in [0.25, 0.3) is 5.91 Å².